The molecule has 5 saturated carbocycles. The Morgan fingerprint density at radius 2 is 1.81 bits per heavy atom. The number of epoxide rings is 1. The lowest BCUT2D eigenvalue weighted by Crippen LogP contribution is -2.57. The van der Waals surface area contributed by atoms with Gasteiger partial charge in [0.1, 0.15) is 11.2 Å². The predicted octanol–water partition coefficient (Wildman–Crippen LogP) is 4.33. The van der Waals surface area contributed by atoms with Crippen molar-refractivity contribution in [3.63, 3.8) is 0 Å². The lowest BCUT2D eigenvalue weighted by molar-refractivity contribution is -0.158. The normalized spacial score (nSPS) is 69.6. The van der Waals surface area contributed by atoms with Crippen LogP contribution in [0, 0.1) is 34.0 Å². The highest BCUT2D eigenvalue weighted by Crippen LogP contribution is 2.87. The summed E-state index contributed by atoms with van der Waals surface area (Å²) in [4.78, 5) is 0. The molecule has 0 bridgehead atoms. The van der Waals surface area contributed by atoms with Crippen LogP contribution in [0.5, 0.6) is 0 Å². The summed E-state index contributed by atoms with van der Waals surface area (Å²) >= 11 is 0. The molecule has 0 aromatic rings. The van der Waals surface area contributed by atoms with Gasteiger partial charge in [0.2, 0.25) is 0 Å². The summed E-state index contributed by atoms with van der Waals surface area (Å²) in [5.41, 5.74) is 1.59. The minimum absolute atomic E-state index is 0.0921. The third kappa shape index (κ3) is 1.28. The van der Waals surface area contributed by atoms with Gasteiger partial charge in [-0.1, -0.05) is 27.2 Å². The van der Waals surface area contributed by atoms with E-state index in [2.05, 4.69) is 20.8 Å². The van der Waals surface area contributed by atoms with Crippen LogP contribution in [-0.4, -0.2) is 36.6 Å². The summed E-state index contributed by atoms with van der Waals surface area (Å²) in [7, 11) is 0. The van der Waals surface area contributed by atoms with E-state index in [0.717, 1.165) is 31.0 Å². The van der Waals surface area contributed by atoms with Crippen LogP contribution in [0.25, 0.3) is 0 Å². The molecule has 5 aliphatic carbocycles. The van der Waals surface area contributed by atoms with Gasteiger partial charge in [0.05, 0.1) is 25.4 Å². The van der Waals surface area contributed by atoms with Crippen LogP contribution in [0.2, 0.25) is 0 Å². The van der Waals surface area contributed by atoms with Crippen molar-refractivity contribution in [2.45, 2.75) is 95.5 Å². The van der Waals surface area contributed by atoms with E-state index in [1.54, 1.807) is 0 Å². The summed E-state index contributed by atoms with van der Waals surface area (Å²) in [6, 6.07) is 0. The number of hydrogen-bond acceptors (Lipinski definition) is 3. The fourth-order valence-corrected chi connectivity index (χ4v) is 10.3. The zero-order valence-corrected chi connectivity index (χ0v) is 16.7. The minimum Gasteiger partial charge on any atom is -0.373 e. The van der Waals surface area contributed by atoms with Crippen molar-refractivity contribution >= 4 is 0 Å². The molecule has 3 nitrogen and oxygen atoms in total. The molecule has 3 spiro atoms. The van der Waals surface area contributed by atoms with Gasteiger partial charge in [0.15, 0.2) is 0 Å². The summed E-state index contributed by atoms with van der Waals surface area (Å²) in [5, 5.41) is 0. The van der Waals surface area contributed by atoms with Gasteiger partial charge in [0, 0.05) is 10.8 Å². The molecule has 3 heteroatoms. The first-order chi connectivity index (χ1) is 12.5. The lowest BCUT2D eigenvalue weighted by atomic mass is 9.45. The molecule has 4 unspecified atom stereocenters. The molecule has 7 fully saturated rings. The SMILES string of the molecule is CC[C@H]1CC2OC23[C@@H]2CC[C@]45CC46OCCOC6C[C@]5(C)[C@H]2CC[C@]13C. The van der Waals surface area contributed by atoms with Crippen LogP contribution in [0.4, 0.5) is 0 Å². The van der Waals surface area contributed by atoms with E-state index in [1.165, 1.54) is 51.4 Å². The van der Waals surface area contributed by atoms with Crippen LogP contribution < -0.4 is 0 Å². The largest absolute Gasteiger partial charge is 0.373 e. The Morgan fingerprint density at radius 3 is 2.65 bits per heavy atom. The van der Waals surface area contributed by atoms with E-state index in [9.17, 15) is 0 Å². The Kier molecular flexibility index (Phi) is 2.57. The van der Waals surface area contributed by atoms with Crippen LogP contribution >= 0.6 is 0 Å². The molecule has 0 radical (unpaired) electrons. The molecule has 0 N–H and O–H groups in total. The Morgan fingerprint density at radius 1 is 0.962 bits per heavy atom. The lowest BCUT2D eigenvalue weighted by Gasteiger charge is -2.59. The first-order valence-electron chi connectivity index (χ1n) is 11.4. The Labute approximate surface area is 157 Å². The van der Waals surface area contributed by atoms with Crippen LogP contribution in [0.3, 0.4) is 0 Å². The molecule has 26 heavy (non-hydrogen) atoms. The van der Waals surface area contributed by atoms with E-state index >= 15 is 0 Å². The van der Waals surface area contributed by atoms with Crippen LogP contribution in [0.15, 0.2) is 0 Å². The van der Waals surface area contributed by atoms with Crippen molar-refractivity contribution in [1.82, 2.24) is 0 Å². The fourth-order valence-electron chi connectivity index (χ4n) is 10.3. The monoisotopic (exact) mass is 358 g/mol. The van der Waals surface area contributed by atoms with Crippen molar-refractivity contribution in [2.24, 2.45) is 34.0 Å². The molecular formula is C23H34O3. The molecule has 0 aromatic carbocycles. The average molecular weight is 359 g/mol. The van der Waals surface area contributed by atoms with E-state index in [1.807, 2.05) is 0 Å². The van der Waals surface area contributed by atoms with Crippen molar-refractivity contribution in [3.8, 4) is 0 Å². The molecule has 2 aliphatic heterocycles. The van der Waals surface area contributed by atoms with E-state index in [4.69, 9.17) is 14.2 Å². The first-order valence-corrected chi connectivity index (χ1v) is 11.4. The van der Waals surface area contributed by atoms with Crippen molar-refractivity contribution in [3.05, 3.63) is 0 Å². The third-order valence-electron chi connectivity index (χ3n) is 11.5. The van der Waals surface area contributed by atoms with Crippen molar-refractivity contribution < 1.29 is 14.2 Å². The Hall–Kier alpha value is -0.120. The molecule has 7 aliphatic rings. The quantitative estimate of drug-likeness (QED) is 0.654. The standard InChI is InChI=1S/C23H34O3/c1-4-14-11-17-23(26-17)16-6-8-21-13-22(21)18(24-9-10-25-22)12-20(21,3)15(16)5-7-19(14,23)2/h14-18H,4-13H2,1-3H3/t14-,15-,16+,17?,18?,19+,20+,21+,22?,23?/m0/s1. The van der Waals surface area contributed by atoms with Crippen LogP contribution in [-0.2, 0) is 14.2 Å². The second-order valence-corrected chi connectivity index (χ2v) is 11.4. The molecule has 0 amide bonds. The van der Waals surface area contributed by atoms with Crippen molar-refractivity contribution in [2.75, 3.05) is 13.2 Å². The average Bonchev–Trinajstić information content (AvgIpc) is 3.47. The second-order valence-electron chi connectivity index (χ2n) is 11.4. The van der Waals surface area contributed by atoms with Gasteiger partial charge in [-0.3, -0.25) is 0 Å². The first kappa shape index (κ1) is 15.8. The smallest absolute Gasteiger partial charge is 0.103 e. The highest BCUT2D eigenvalue weighted by Gasteiger charge is 2.89. The molecule has 10 atom stereocenters. The summed E-state index contributed by atoms with van der Waals surface area (Å²) in [6.07, 6.45) is 11.7. The number of rotatable bonds is 1. The maximum Gasteiger partial charge on any atom is 0.103 e. The van der Waals surface area contributed by atoms with E-state index < -0.39 is 0 Å². The maximum atomic E-state index is 6.64. The van der Waals surface area contributed by atoms with Crippen LogP contribution in [0.1, 0.15) is 72.1 Å². The Bertz CT molecular complexity index is 693. The molecule has 144 valence electrons. The zero-order chi connectivity index (χ0) is 17.6. The van der Waals surface area contributed by atoms with Gasteiger partial charge < -0.3 is 14.2 Å². The highest BCUT2D eigenvalue weighted by atomic mass is 16.6. The predicted molar refractivity (Wildman–Crippen MR) is 97.8 cm³/mol. The zero-order valence-electron chi connectivity index (χ0n) is 16.7. The van der Waals surface area contributed by atoms with Gasteiger partial charge in [-0.2, -0.15) is 0 Å². The molecule has 0 aromatic heterocycles. The second kappa shape index (κ2) is 4.24. The molecule has 2 saturated heterocycles. The number of ether oxygens (including phenoxy) is 3. The number of hydrogen-bond donors (Lipinski definition) is 0. The van der Waals surface area contributed by atoms with Gasteiger partial charge >= 0.3 is 0 Å². The van der Waals surface area contributed by atoms with E-state index in [0.29, 0.717) is 28.5 Å². The maximum absolute atomic E-state index is 6.64. The van der Waals surface area contributed by atoms with Gasteiger partial charge in [-0.25, -0.2) is 0 Å². The fraction of sp³-hybridized carbons (Fsp3) is 1.00. The van der Waals surface area contributed by atoms with Gasteiger partial charge in [-0.15, -0.1) is 0 Å². The molecule has 7 rings (SSSR count). The van der Waals surface area contributed by atoms with Gasteiger partial charge in [0.25, 0.3) is 0 Å². The molecule has 2 heterocycles. The summed E-state index contributed by atoms with van der Waals surface area (Å²) < 4.78 is 19.4. The van der Waals surface area contributed by atoms with E-state index in [-0.39, 0.29) is 11.2 Å². The summed E-state index contributed by atoms with van der Waals surface area (Å²) in [5.74, 6) is 2.49. The number of fused-ring (bicyclic) bond motifs is 2. The van der Waals surface area contributed by atoms with Crippen molar-refractivity contribution in [1.29, 1.82) is 0 Å². The van der Waals surface area contributed by atoms with Gasteiger partial charge in [-0.05, 0) is 68.1 Å². The Balaban J connectivity index is 1.30. The third-order valence-corrected chi connectivity index (χ3v) is 11.5. The highest BCUT2D eigenvalue weighted by molar-refractivity contribution is 5.38. The molecular weight excluding hydrogens is 324 g/mol. The minimum atomic E-state index is 0.0921. The summed E-state index contributed by atoms with van der Waals surface area (Å²) in [6.45, 7) is 9.25. The topological polar surface area (TPSA) is 31.0 Å².